The summed E-state index contributed by atoms with van der Waals surface area (Å²) in [6.45, 7) is 3.74. The quantitative estimate of drug-likeness (QED) is 0.801. The minimum atomic E-state index is -0.164. The molecule has 118 valence electrons. The fourth-order valence-corrected chi connectivity index (χ4v) is 2.42. The second-order valence-corrected chi connectivity index (χ2v) is 4.98. The largest absolute Gasteiger partial charge is 0.322 e. The van der Waals surface area contributed by atoms with Crippen LogP contribution in [0.5, 0.6) is 0 Å². The monoisotopic (exact) mass is 308 g/mol. The molecular formula is C18H20N4O. The summed E-state index contributed by atoms with van der Waals surface area (Å²) in [6, 6.07) is 13.3. The van der Waals surface area contributed by atoms with Crippen molar-refractivity contribution in [2.45, 2.75) is 21.3 Å². The number of nitrogens with zero attached hydrogens (tertiary/aromatic N) is 3. The maximum atomic E-state index is 12.5. The van der Waals surface area contributed by atoms with Crippen LogP contribution in [0.3, 0.4) is 0 Å². The van der Waals surface area contributed by atoms with Crippen molar-refractivity contribution in [1.29, 1.82) is 0 Å². The molecule has 5 nitrogen and oxygen atoms in total. The molecule has 1 amide bonds. The fourth-order valence-electron chi connectivity index (χ4n) is 2.42. The summed E-state index contributed by atoms with van der Waals surface area (Å²) in [4.78, 5) is 16.5. The van der Waals surface area contributed by atoms with E-state index in [4.69, 9.17) is 0 Å². The lowest BCUT2D eigenvalue weighted by molar-refractivity contribution is 0.102. The highest BCUT2D eigenvalue weighted by atomic mass is 16.1. The van der Waals surface area contributed by atoms with Gasteiger partial charge in [0.2, 0.25) is 0 Å². The smallest absolute Gasteiger partial charge is 0.259 e. The maximum Gasteiger partial charge on any atom is 0.259 e. The van der Waals surface area contributed by atoms with Gasteiger partial charge >= 0.3 is 0 Å². The molecule has 1 N–H and O–H groups in total. The van der Waals surface area contributed by atoms with Crippen molar-refractivity contribution in [1.82, 2.24) is 14.8 Å². The maximum absolute atomic E-state index is 12.5. The zero-order valence-electron chi connectivity index (χ0n) is 12.4. The molecule has 0 aliphatic heterocycles. The van der Waals surface area contributed by atoms with Crippen LogP contribution in [0.2, 0.25) is 0 Å². The Hall–Kier alpha value is -2.95. The molecular weight excluding hydrogens is 288 g/mol. The van der Waals surface area contributed by atoms with Crippen LogP contribution in [-0.4, -0.2) is 20.7 Å². The molecule has 0 bridgehead atoms. The third-order valence-corrected chi connectivity index (χ3v) is 3.46. The third kappa shape index (κ3) is 3.29. The summed E-state index contributed by atoms with van der Waals surface area (Å²) in [6.07, 6.45) is 3.28. The van der Waals surface area contributed by atoms with E-state index in [1.807, 2.05) is 44.2 Å². The number of hydrogen-bond donors (Lipinski definition) is 1. The highest BCUT2D eigenvalue weighted by Crippen LogP contribution is 2.19. The molecule has 0 atom stereocenters. The average Bonchev–Trinajstić information content (AvgIpc) is 2.84. The zero-order valence-corrected chi connectivity index (χ0v) is 12.4. The number of para-hydroxylation sites is 1. The van der Waals surface area contributed by atoms with Gasteiger partial charge in [-0.15, -0.1) is 0 Å². The Bertz CT molecular complexity index is 795. The van der Waals surface area contributed by atoms with Crippen LogP contribution in [0, 0.1) is 13.8 Å². The molecule has 23 heavy (non-hydrogen) atoms. The van der Waals surface area contributed by atoms with Crippen LogP contribution >= 0.6 is 0 Å². The predicted octanol–water partition coefficient (Wildman–Crippen LogP) is 3.77. The van der Waals surface area contributed by atoms with E-state index in [0.717, 1.165) is 11.4 Å². The van der Waals surface area contributed by atoms with Crippen molar-refractivity contribution < 1.29 is 4.79 Å². The number of aryl methyl sites for hydroxylation is 1. The number of benzene rings is 1. The van der Waals surface area contributed by atoms with Gasteiger partial charge in [-0.1, -0.05) is 25.6 Å². The first-order valence-electron chi connectivity index (χ1n) is 7.00. The van der Waals surface area contributed by atoms with Gasteiger partial charge in [0, 0.05) is 18.1 Å². The minimum Gasteiger partial charge on any atom is -0.322 e. The summed E-state index contributed by atoms with van der Waals surface area (Å²) in [7, 11) is 0. The lowest BCUT2D eigenvalue weighted by atomic mass is 10.1. The van der Waals surface area contributed by atoms with Crippen LogP contribution in [-0.2, 0) is 0 Å². The number of nitrogens with one attached hydrogen (secondary N) is 1. The second kappa shape index (κ2) is 6.87. The van der Waals surface area contributed by atoms with E-state index >= 15 is 0 Å². The second-order valence-electron chi connectivity index (χ2n) is 4.98. The molecule has 0 aliphatic carbocycles. The number of carbonyl (C=O) groups excluding carboxylic acids is 1. The number of rotatable bonds is 3. The lowest BCUT2D eigenvalue weighted by Gasteiger charge is -2.06. The Morgan fingerprint density at radius 1 is 1.04 bits per heavy atom. The van der Waals surface area contributed by atoms with Crippen molar-refractivity contribution in [3.8, 4) is 5.69 Å². The van der Waals surface area contributed by atoms with Gasteiger partial charge in [0.1, 0.15) is 0 Å². The van der Waals surface area contributed by atoms with E-state index in [-0.39, 0.29) is 13.3 Å². The van der Waals surface area contributed by atoms with E-state index in [0.29, 0.717) is 16.9 Å². The van der Waals surface area contributed by atoms with Gasteiger partial charge in [-0.2, -0.15) is 5.10 Å². The van der Waals surface area contributed by atoms with Crippen LogP contribution in [0.4, 0.5) is 5.69 Å². The number of anilines is 1. The summed E-state index contributed by atoms with van der Waals surface area (Å²) in [5.74, 6) is -0.164. The molecule has 3 aromatic rings. The first-order chi connectivity index (χ1) is 10.7. The minimum absolute atomic E-state index is 0. The number of amides is 1. The lowest BCUT2D eigenvalue weighted by Crippen LogP contribution is -2.14. The van der Waals surface area contributed by atoms with E-state index < -0.39 is 0 Å². The summed E-state index contributed by atoms with van der Waals surface area (Å²) >= 11 is 0. The highest BCUT2D eigenvalue weighted by Gasteiger charge is 2.19. The van der Waals surface area contributed by atoms with Gasteiger partial charge < -0.3 is 5.32 Å². The Kier molecular flexibility index (Phi) is 4.91. The van der Waals surface area contributed by atoms with Crippen molar-refractivity contribution >= 4 is 11.6 Å². The number of pyridine rings is 1. The SMILES string of the molecule is C.Cc1nn(-c2ccccc2)c(C)c1C(=O)Nc1ccncc1. The number of hydrogen-bond acceptors (Lipinski definition) is 3. The standard InChI is InChI=1S/C17H16N4O.CH4/c1-12-16(17(22)19-14-8-10-18-11-9-14)13(2)21(20-12)15-6-4-3-5-7-15;/h3-11H,1-2H3,(H,18,19,22);1H4. The van der Waals surface area contributed by atoms with E-state index in [1.54, 1.807) is 29.2 Å². The van der Waals surface area contributed by atoms with E-state index in [2.05, 4.69) is 15.4 Å². The van der Waals surface area contributed by atoms with Crippen molar-refractivity contribution in [2.75, 3.05) is 5.32 Å². The molecule has 0 spiro atoms. The Morgan fingerprint density at radius 3 is 2.35 bits per heavy atom. The molecule has 0 radical (unpaired) electrons. The highest BCUT2D eigenvalue weighted by molar-refractivity contribution is 6.05. The van der Waals surface area contributed by atoms with Crippen LogP contribution in [0.1, 0.15) is 29.2 Å². The van der Waals surface area contributed by atoms with E-state index in [9.17, 15) is 4.79 Å². The summed E-state index contributed by atoms with van der Waals surface area (Å²) in [5.41, 5.74) is 3.76. The van der Waals surface area contributed by atoms with E-state index in [1.165, 1.54) is 0 Å². The average molecular weight is 308 g/mol. The normalized spacial score (nSPS) is 10.0. The van der Waals surface area contributed by atoms with Gasteiger partial charge in [-0.05, 0) is 38.1 Å². The van der Waals surface area contributed by atoms with Gasteiger partial charge in [0.25, 0.3) is 5.91 Å². The predicted molar refractivity (Wildman–Crippen MR) is 92.0 cm³/mol. The molecule has 0 fully saturated rings. The molecule has 2 aromatic heterocycles. The summed E-state index contributed by atoms with van der Waals surface area (Å²) < 4.78 is 1.79. The van der Waals surface area contributed by atoms with Gasteiger partial charge in [-0.25, -0.2) is 4.68 Å². The first-order valence-corrected chi connectivity index (χ1v) is 7.00. The molecule has 5 heteroatoms. The van der Waals surface area contributed by atoms with Gasteiger partial charge in [-0.3, -0.25) is 9.78 Å². The van der Waals surface area contributed by atoms with Crippen LogP contribution in [0.25, 0.3) is 5.69 Å². The number of carbonyl (C=O) groups is 1. The first kappa shape index (κ1) is 16.4. The van der Waals surface area contributed by atoms with Crippen LogP contribution < -0.4 is 5.32 Å². The molecule has 2 heterocycles. The Labute approximate surface area is 136 Å². The van der Waals surface area contributed by atoms with Crippen molar-refractivity contribution in [2.24, 2.45) is 0 Å². The Balaban J connectivity index is 0.00000192. The number of aromatic nitrogens is 3. The molecule has 0 aliphatic rings. The van der Waals surface area contributed by atoms with Crippen LogP contribution in [0.15, 0.2) is 54.9 Å². The fraction of sp³-hybridized carbons (Fsp3) is 0.167. The van der Waals surface area contributed by atoms with Crippen molar-refractivity contribution in [3.05, 3.63) is 71.8 Å². The molecule has 0 unspecified atom stereocenters. The summed E-state index contributed by atoms with van der Waals surface area (Å²) in [5, 5.41) is 7.36. The molecule has 1 aromatic carbocycles. The van der Waals surface area contributed by atoms with Gasteiger partial charge in [0.05, 0.1) is 22.6 Å². The molecule has 0 saturated heterocycles. The van der Waals surface area contributed by atoms with Gasteiger partial charge in [0.15, 0.2) is 0 Å². The third-order valence-electron chi connectivity index (χ3n) is 3.46. The van der Waals surface area contributed by atoms with Crippen molar-refractivity contribution in [3.63, 3.8) is 0 Å². The Morgan fingerprint density at radius 2 is 1.70 bits per heavy atom. The topological polar surface area (TPSA) is 59.8 Å². The molecule has 3 rings (SSSR count). The molecule has 0 saturated carbocycles. The zero-order chi connectivity index (χ0) is 15.5.